The monoisotopic (exact) mass is 280 g/mol. The van der Waals surface area contributed by atoms with Gasteiger partial charge in [-0.05, 0) is 25.1 Å². The Morgan fingerprint density at radius 2 is 2.11 bits per heavy atom. The van der Waals surface area contributed by atoms with Crippen molar-refractivity contribution in [3.05, 3.63) is 40.4 Å². The molecule has 0 spiro atoms. The summed E-state index contributed by atoms with van der Waals surface area (Å²) in [6.07, 6.45) is 0.684. The van der Waals surface area contributed by atoms with Crippen molar-refractivity contribution in [2.45, 2.75) is 20.3 Å². The number of benzene rings is 1. The average molecular weight is 281 g/mol. The average Bonchev–Trinajstić information content (AvgIpc) is 2.39. The Labute approximate surface area is 115 Å². The third kappa shape index (κ3) is 2.93. The lowest BCUT2D eigenvalue weighted by molar-refractivity contribution is 0.628. The molecule has 0 saturated heterocycles. The number of hydrogen-bond acceptors (Lipinski definition) is 4. The number of nitrogen functional groups attached to an aromatic ring is 1. The Balaban J connectivity index is 2.37. The van der Waals surface area contributed by atoms with Gasteiger partial charge in [0, 0.05) is 17.7 Å². The molecule has 0 unspecified atom stereocenters. The summed E-state index contributed by atoms with van der Waals surface area (Å²) in [5.74, 6) is 1.23. The van der Waals surface area contributed by atoms with Crippen LogP contribution in [0.5, 0.6) is 0 Å². The molecule has 2 aromatic rings. The van der Waals surface area contributed by atoms with Crippen molar-refractivity contribution in [2.75, 3.05) is 11.1 Å². The number of nitrogens with two attached hydrogens (primary N) is 1. The molecule has 1 heterocycles. The molecule has 1 aromatic heterocycles. The lowest BCUT2D eigenvalue weighted by Crippen LogP contribution is -2.06. The normalized spacial score (nSPS) is 10.5. The van der Waals surface area contributed by atoms with Crippen molar-refractivity contribution in [1.82, 2.24) is 9.97 Å². The van der Waals surface area contributed by atoms with Crippen LogP contribution in [0.4, 0.5) is 21.7 Å². The van der Waals surface area contributed by atoms with E-state index in [1.807, 2.05) is 13.8 Å². The zero-order chi connectivity index (χ0) is 14.0. The van der Waals surface area contributed by atoms with E-state index in [1.165, 1.54) is 12.1 Å². The van der Waals surface area contributed by atoms with Crippen LogP contribution in [0.1, 0.15) is 18.3 Å². The predicted octanol–water partition coefficient (Wildman–Crippen LogP) is 3.47. The van der Waals surface area contributed by atoms with E-state index in [2.05, 4.69) is 15.3 Å². The number of hydrogen-bond donors (Lipinski definition) is 2. The lowest BCUT2D eigenvalue weighted by Gasteiger charge is -2.11. The molecular formula is C13H14ClFN4. The van der Waals surface area contributed by atoms with E-state index in [0.717, 1.165) is 5.56 Å². The molecule has 6 heteroatoms. The number of anilines is 3. The van der Waals surface area contributed by atoms with Gasteiger partial charge in [0.2, 0.25) is 0 Å². The van der Waals surface area contributed by atoms with E-state index in [4.69, 9.17) is 17.3 Å². The first kappa shape index (κ1) is 13.5. The van der Waals surface area contributed by atoms with Gasteiger partial charge >= 0.3 is 0 Å². The van der Waals surface area contributed by atoms with Gasteiger partial charge in [-0.15, -0.1) is 0 Å². The Hall–Kier alpha value is -1.88. The summed E-state index contributed by atoms with van der Waals surface area (Å²) in [7, 11) is 0. The Bertz CT molecular complexity index is 616. The number of nitrogens with zero attached hydrogens (tertiary/aromatic N) is 2. The number of nitrogens with one attached hydrogen (secondary N) is 1. The number of halogens is 2. The molecule has 2 rings (SSSR count). The van der Waals surface area contributed by atoms with Crippen LogP contribution < -0.4 is 11.1 Å². The maximum atomic E-state index is 13.1. The quantitative estimate of drug-likeness (QED) is 0.904. The molecular weight excluding hydrogens is 267 g/mol. The van der Waals surface area contributed by atoms with Crippen LogP contribution in [0.25, 0.3) is 0 Å². The van der Waals surface area contributed by atoms with E-state index in [9.17, 15) is 4.39 Å². The summed E-state index contributed by atoms with van der Waals surface area (Å²) >= 11 is 5.74. The van der Waals surface area contributed by atoms with Gasteiger partial charge in [-0.2, -0.15) is 0 Å². The minimum atomic E-state index is -0.458. The molecule has 100 valence electrons. The highest BCUT2D eigenvalue weighted by molar-refractivity contribution is 6.31. The molecule has 0 aliphatic heterocycles. The smallest absolute Gasteiger partial charge is 0.141 e. The topological polar surface area (TPSA) is 63.8 Å². The van der Waals surface area contributed by atoms with Gasteiger partial charge in [0.1, 0.15) is 23.3 Å². The highest BCUT2D eigenvalue weighted by Gasteiger charge is 2.09. The van der Waals surface area contributed by atoms with Crippen LogP contribution in [0, 0.1) is 12.7 Å². The van der Waals surface area contributed by atoms with Crippen LogP contribution in [0.2, 0.25) is 5.02 Å². The van der Waals surface area contributed by atoms with Crippen molar-refractivity contribution in [3.8, 4) is 0 Å². The fraction of sp³-hybridized carbons (Fsp3) is 0.231. The van der Waals surface area contributed by atoms with Crippen LogP contribution in [0.3, 0.4) is 0 Å². The van der Waals surface area contributed by atoms with Gasteiger partial charge in [-0.3, -0.25) is 0 Å². The SMILES string of the molecule is CCc1nc(N)c(C)c(Nc2ccc(F)c(Cl)c2)n1. The second-order valence-electron chi connectivity index (χ2n) is 4.11. The fourth-order valence-electron chi connectivity index (χ4n) is 1.57. The molecule has 3 N–H and O–H groups in total. The standard InChI is InChI=1S/C13H14ClFN4/c1-3-11-18-12(16)7(2)13(19-11)17-8-4-5-10(15)9(14)6-8/h4-6H,3H2,1-2H3,(H3,16,17,18,19). The van der Waals surface area contributed by atoms with Crippen LogP contribution in [-0.4, -0.2) is 9.97 Å². The highest BCUT2D eigenvalue weighted by atomic mass is 35.5. The Morgan fingerprint density at radius 3 is 2.74 bits per heavy atom. The Kier molecular flexibility index (Phi) is 3.85. The van der Waals surface area contributed by atoms with Gasteiger partial charge in [-0.1, -0.05) is 18.5 Å². The molecule has 4 nitrogen and oxygen atoms in total. The van der Waals surface area contributed by atoms with Crippen LogP contribution in [-0.2, 0) is 6.42 Å². The summed E-state index contributed by atoms with van der Waals surface area (Å²) in [6, 6.07) is 4.39. The summed E-state index contributed by atoms with van der Waals surface area (Å²) in [4.78, 5) is 8.53. The van der Waals surface area contributed by atoms with E-state index in [1.54, 1.807) is 6.07 Å². The van der Waals surface area contributed by atoms with E-state index < -0.39 is 5.82 Å². The number of aryl methyl sites for hydroxylation is 1. The minimum Gasteiger partial charge on any atom is -0.383 e. The van der Waals surface area contributed by atoms with Crippen LogP contribution >= 0.6 is 11.6 Å². The summed E-state index contributed by atoms with van der Waals surface area (Å²) in [5, 5.41) is 3.13. The van der Waals surface area contributed by atoms with Gasteiger partial charge in [0.15, 0.2) is 0 Å². The second-order valence-corrected chi connectivity index (χ2v) is 4.51. The third-order valence-corrected chi connectivity index (χ3v) is 3.02. The van der Waals surface area contributed by atoms with Crippen LogP contribution in [0.15, 0.2) is 18.2 Å². The van der Waals surface area contributed by atoms with Gasteiger partial charge in [-0.25, -0.2) is 14.4 Å². The van der Waals surface area contributed by atoms with Crippen molar-refractivity contribution in [2.24, 2.45) is 0 Å². The zero-order valence-electron chi connectivity index (χ0n) is 10.7. The van der Waals surface area contributed by atoms with E-state index >= 15 is 0 Å². The van der Waals surface area contributed by atoms with Crippen molar-refractivity contribution in [3.63, 3.8) is 0 Å². The molecule has 0 aliphatic carbocycles. The van der Waals surface area contributed by atoms with Crippen molar-refractivity contribution < 1.29 is 4.39 Å². The minimum absolute atomic E-state index is 0.0559. The largest absolute Gasteiger partial charge is 0.383 e. The van der Waals surface area contributed by atoms with Crippen molar-refractivity contribution in [1.29, 1.82) is 0 Å². The maximum Gasteiger partial charge on any atom is 0.141 e. The second kappa shape index (κ2) is 5.40. The molecule has 0 aliphatic rings. The zero-order valence-corrected chi connectivity index (χ0v) is 11.4. The summed E-state index contributed by atoms with van der Waals surface area (Å²) in [5.41, 5.74) is 7.22. The van der Waals surface area contributed by atoms with Gasteiger partial charge < -0.3 is 11.1 Å². The summed E-state index contributed by atoms with van der Waals surface area (Å²) in [6.45, 7) is 3.77. The first-order chi connectivity index (χ1) is 9.01. The molecule has 0 fully saturated rings. The van der Waals surface area contributed by atoms with Crippen molar-refractivity contribution >= 4 is 28.9 Å². The van der Waals surface area contributed by atoms with E-state index in [0.29, 0.717) is 29.6 Å². The third-order valence-electron chi connectivity index (χ3n) is 2.73. The highest BCUT2D eigenvalue weighted by Crippen LogP contribution is 2.25. The number of rotatable bonds is 3. The molecule has 0 saturated carbocycles. The predicted molar refractivity (Wildman–Crippen MR) is 75.3 cm³/mol. The van der Waals surface area contributed by atoms with Gasteiger partial charge in [0.05, 0.1) is 5.02 Å². The molecule has 0 radical (unpaired) electrons. The first-order valence-corrected chi connectivity index (χ1v) is 6.24. The number of aromatic nitrogens is 2. The molecule has 0 atom stereocenters. The Morgan fingerprint density at radius 1 is 1.37 bits per heavy atom. The fourth-order valence-corrected chi connectivity index (χ4v) is 1.75. The first-order valence-electron chi connectivity index (χ1n) is 5.86. The van der Waals surface area contributed by atoms with E-state index in [-0.39, 0.29) is 5.02 Å². The molecule has 19 heavy (non-hydrogen) atoms. The maximum absolute atomic E-state index is 13.1. The molecule has 0 bridgehead atoms. The lowest BCUT2D eigenvalue weighted by atomic mass is 10.2. The summed E-state index contributed by atoms with van der Waals surface area (Å²) < 4.78 is 13.1. The molecule has 1 aromatic carbocycles. The molecule has 0 amide bonds. The van der Waals surface area contributed by atoms with Gasteiger partial charge in [0.25, 0.3) is 0 Å².